The number of halogens is 1. The molecule has 0 bridgehead atoms. The lowest BCUT2D eigenvalue weighted by atomic mass is 10.1. The summed E-state index contributed by atoms with van der Waals surface area (Å²) in [4.78, 5) is 13.1. The number of aryl methyl sites for hydroxylation is 1. The topological polar surface area (TPSA) is 46.4 Å². The second-order valence-corrected chi connectivity index (χ2v) is 8.68. The van der Waals surface area contributed by atoms with Crippen LogP contribution in [0.1, 0.15) is 17.0 Å². The molecule has 1 heterocycles. The maximum Gasteiger partial charge on any atom is 0.250 e. The Balaban J connectivity index is 1.46. The van der Waals surface area contributed by atoms with Crippen molar-refractivity contribution in [1.29, 1.82) is 0 Å². The van der Waals surface area contributed by atoms with Crippen LogP contribution in [0.25, 0.3) is 16.5 Å². The molecule has 0 atom stereocenters. The highest BCUT2D eigenvalue weighted by Gasteiger charge is 2.12. The lowest BCUT2D eigenvalue weighted by Crippen LogP contribution is -2.19. The molecule has 4 nitrogen and oxygen atoms in total. The maximum atomic E-state index is 12.1. The summed E-state index contributed by atoms with van der Waals surface area (Å²) < 4.78 is 2.22. The number of carbonyl (C=O) groups is 1. The van der Waals surface area contributed by atoms with Gasteiger partial charge in [-0.2, -0.15) is 5.10 Å². The molecular formula is C25H22ClN3OS. The van der Waals surface area contributed by atoms with Crippen LogP contribution < -0.4 is 5.43 Å². The van der Waals surface area contributed by atoms with Crippen molar-refractivity contribution in [3.05, 3.63) is 94.8 Å². The molecule has 0 aliphatic heterocycles. The van der Waals surface area contributed by atoms with E-state index in [1.54, 1.807) is 6.21 Å². The summed E-state index contributed by atoms with van der Waals surface area (Å²) in [6.07, 6.45) is 1.70. The average Bonchev–Trinajstić information content (AvgIpc) is 3.06. The summed E-state index contributed by atoms with van der Waals surface area (Å²) in [7, 11) is 0. The molecule has 0 fully saturated rings. The monoisotopic (exact) mass is 447 g/mol. The van der Waals surface area contributed by atoms with Crippen LogP contribution >= 0.6 is 23.4 Å². The molecule has 31 heavy (non-hydrogen) atoms. The number of hydrogen-bond acceptors (Lipinski definition) is 3. The van der Waals surface area contributed by atoms with E-state index in [2.05, 4.69) is 71.4 Å². The molecule has 1 amide bonds. The maximum absolute atomic E-state index is 12.1. The molecule has 156 valence electrons. The Labute approximate surface area is 190 Å². The number of aromatic nitrogens is 1. The molecule has 0 unspecified atom stereocenters. The summed E-state index contributed by atoms with van der Waals surface area (Å²) in [5.41, 5.74) is 6.90. The van der Waals surface area contributed by atoms with Gasteiger partial charge in [0.1, 0.15) is 0 Å². The summed E-state index contributed by atoms with van der Waals surface area (Å²) in [6, 6.07) is 24.2. The van der Waals surface area contributed by atoms with Crippen molar-refractivity contribution in [3.8, 4) is 5.69 Å². The second kappa shape index (κ2) is 9.41. The zero-order chi connectivity index (χ0) is 21.8. The minimum Gasteiger partial charge on any atom is -0.317 e. The molecule has 1 N–H and O–H groups in total. The molecule has 3 aromatic carbocycles. The fourth-order valence-corrected chi connectivity index (χ4v) is 4.39. The molecule has 6 heteroatoms. The number of carbonyl (C=O) groups excluding carboxylic acids is 1. The third-order valence-corrected chi connectivity index (χ3v) is 6.32. The van der Waals surface area contributed by atoms with E-state index < -0.39 is 0 Å². The average molecular weight is 448 g/mol. The van der Waals surface area contributed by atoms with Gasteiger partial charge in [-0.25, -0.2) is 5.43 Å². The van der Waals surface area contributed by atoms with Crippen molar-refractivity contribution in [3.63, 3.8) is 0 Å². The molecule has 4 rings (SSSR count). The van der Waals surface area contributed by atoms with Crippen molar-refractivity contribution in [2.24, 2.45) is 5.10 Å². The van der Waals surface area contributed by atoms with Gasteiger partial charge >= 0.3 is 0 Å². The number of rotatable bonds is 6. The van der Waals surface area contributed by atoms with Gasteiger partial charge in [-0.3, -0.25) is 4.79 Å². The van der Waals surface area contributed by atoms with Gasteiger partial charge in [-0.1, -0.05) is 48.0 Å². The second-order valence-electron chi connectivity index (χ2n) is 7.20. The van der Waals surface area contributed by atoms with Gasteiger partial charge in [0.05, 0.1) is 17.7 Å². The molecule has 0 spiro atoms. The van der Waals surface area contributed by atoms with Crippen LogP contribution in [0.5, 0.6) is 0 Å². The van der Waals surface area contributed by atoms with E-state index >= 15 is 0 Å². The van der Waals surface area contributed by atoms with E-state index in [0.29, 0.717) is 5.02 Å². The smallest absolute Gasteiger partial charge is 0.250 e. The molecular weight excluding hydrogens is 426 g/mol. The number of nitrogens with zero attached hydrogens (tertiary/aromatic N) is 2. The minimum absolute atomic E-state index is 0.154. The number of thioether (sulfide) groups is 1. The lowest BCUT2D eigenvalue weighted by Gasteiger charge is -2.12. The fraction of sp³-hybridized carbons (Fsp3) is 0.120. The first-order chi connectivity index (χ1) is 15.0. The van der Waals surface area contributed by atoms with Crippen molar-refractivity contribution in [2.75, 3.05) is 5.75 Å². The highest BCUT2D eigenvalue weighted by molar-refractivity contribution is 8.00. The predicted octanol–water partition coefficient (Wildman–Crippen LogP) is 6.14. The van der Waals surface area contributed by atoms with Gasteiger partial charge in [-0.05, 0) is 55.6 Å². The Morgan fingerprint density at radius 1 is 1.06 bits per heavy atom. The highest BCUT2D eigenvalue weighted by atomic mass is 35.5. The summed E-state index contributed by atoms with van der Waals surface area (Å²) in [5, 5.41) is 7.25. The van der Waals surface area contributed by atoms with Crippen molar-refractivity contribution >= 4 is 46.3 Å². The Bertz CT molecular complexity index is 1260. The molecule has 0 aliphatic carbocycles. The minimum atomic E-state index is -0.154. The lowest BCUT2D eigenvalue weighted by molar-refractivity contribution is -0.118. The zero-order valence-electron chi connectivity index (χ0n) is 17.3. The largest absolute Gasteiger partial charge is 0.317 e. The number of hydrogen-bond donors (Lipinski definition) is 1. The standard InChI is InChI=1S/C25H22ClN3OS/c1-17-14-20(15-27-28-25(30)16-31-22-12-10-21(26)11-13-22)18(2)29(17)24-9-5-7-19-6-3-4-8-23(19)24/h3-15H,16H2,1-2H3,(H,28,30)/b27-15-. The summed E-state index contributed by atoms with van der Waals surface area (Å²) in [6.45, 7) is 4.14. The molecule has 0 saturated heterocycles. The summed E-state index contributed by atoms with van der Waals surface area (Å²) in [5.74, 6) is 0.132. The van der Waals surface area contributed by atoms with Crippen molar-refractivity contribution < 1.29 is 4.79 Å². The van der Waals surface area contributed by atoms with Crippen LogP contribution in [0.4, 0.5) is 0 Å². The van der Waals surface area contributed by atoms with Gasteiger partial charge < -0.3 is 4.57 Å². The van der Waals surface area contributed by atoms with Crippen LogP contribution in [-0.2, 0) is 4.79 Å². The van der Waals surface area contributed by atoms with Gasteiger partial charge in [0.25, 0.3) is 0 Å². The van der Waals surface area contributed by atoms with Crippen LogP contribution in [0.2, 0.25) is 5.02 Å². The van der Waals surface area contributed by atoms with Crippen molar-refractivity contribution in [1.82, 2.24) is 9.99 Å². The zero-order valence-corrected chi connectivity index (χ0v) is 18.9. The molecule has 0 saturated carbocycles. The fourth-order valence-electron chi connectivity index (χ4n) is 3.58. The third-order valence-electron chi connectivity index (χ3n) is 5.05. The quantitative estimate of drug-likeness (QED) is 0.219. The van der Waals surface area contributed by atoms with E-state index in [1.165, 1.54) is 22.5 Å². The highest BCUT2D eigenvalue weighted by Crippen LogP contribution is 2.27. The first-order valence-electron chi connectivity index (χ1n) is 9.90. The van der Waals surface area contributed by atoms with E-state index in [4.69, 9.17) is 11.6 Å². The van der Waals surface area contributed by atoms with Gasteiger partial charge in [0, 0.05) is 32.3 Å². The Kier molecular flexibility index (Phi) is 6.44. The Morgan fingerprint density at radius 3 is 2.61 bits per heavy atom. The number of amides is 1. The molecule has 0 radical (unpaired) electrons. The first kappa shape index (κ1) is 21.2. The van der Waals surface area contributed by atoms with E-state index in [9.17, 15) is 4.79 Å². The number of benzene rings is 3. The predicted molar refractivity (Wildman–Crippen MR) is 131 cm³/mol. The number of fused-ring (bicyclic) bond motifs is 1. The van der Waals surface area contributed by atoms with Crippen molar-refractivity contribution in [2.45, 2.75) is 18.7 Å². The SMILES string of the molecule is Cc1cc(/C=N\NC(=O)CSc2ccc(Cl)cc2)c(C)n1-c1cccc2ccccc12. The first-order valence-corrected chi connectivity index (χ1v) is 11.3. The van der Waals surface area contributed by atoms with Crippen LogP contribution in [0.3, 0.4) is 0 Å². The van der Waals surface area contributed by atoms with Crippen LogP contribution in [0, 0.1) is 13.8 Å². The Morgan fingerprint density at radius 2 is 1.81 bits per heavy atom. The van der Waals surface area contributed by atoms with Crippen LogP contribution in [-0.4, -0.2) is 22.4 Å². The van der Waals surface area contributed by atoms with E-state index in [1.807, 2.05) is 30.3 Å². The molecule has 0 aliphatic rings. The Hall–Kier alpha value is -3.02. The third kappa shape index (κ3) is 4.84. The number of nitrogens with one attached hydrogen (secondary N) is 1. The van der Waals surface area contributed by atoms with Crippen LogP contribution in [0.15, 0.2) is 82.8 Å². The van der Waals surface area contributed by atoms with Gasteiger partial charge in [-0.15, -0.1) is 11.8 Å². The van der Waals surface area contributed by atoms with Gasteiger partial charge in [0.2, 0.25) is 5.91 Å². The summed E-state index contributed by atoms with van der Waals surface area (Å²) >= 11 is 7.33. The normalized spacial score (nSPS) is 11.3. The molecule has 4 aromatic rings. The van der Waals surface area contributed by atoms with E-state index in [-0.39, 0.29) is 11.7 Å². The van der Waals surface area contributed by atoms with E-state index in [0.717, 1.165) is 27.5 Å². The van der Waals surface area contributed by atoms with Gasteiger partial charge in [0.15, 0.2) is 0 Å². The molecule has 1 aromatic heterocycles. The number of hydrazone groups is 1.